The number of esters is 1. The molecule has 0 fully saturated rings. The number of hydrogen-bond acceptors (Lipinski definition) is 7. The van der Waals surface area contributed by atoms with Gasteiger partial charge < -0.3 is 14.8 Å². The zero-order valence-electron chi connectivity index (χ0n) is 16.5. The van der Waals surface area contributed by atoms with Crippen LogP contribution in [-0.4, -0.2) is 29.3 Å². The second-order valence-corrected chi connectivity index (χ2v) is 7.40. The maximum Gasteiger partial charge on any atom is 0.358 e. The van der Waals surface area contributed by atoms with Gasteiger partial charge in [-0.1, -0.05) is 29.8 Å². The molecule has 0 bridgehead atoms. The van der Waals surface area contributed by atoms with Crippen LogP contribution in [0.3, 0.4) is 0 Å². The topological polar surface area (TPSA) is 94.6 Å². The molecule has 1 heterocycles. The molecule has 0 unspecified atom stereocenters. The SMILES string of the molecule is CC(=O)c1ccccc1NC(=O)COC(=O)c1csc(COc2ccc(C)cc2)n1. The number of amides is 1. The molecule has 3 aromatic rings. The van der Waals surface area contributed by atoms with Crippen LogP contribution in [0.2, 0.25) is 0 Å². The number of carbonyl (C=O) groups is 3. The zero-order chi connectivity index (χ0) is 21.5. The van der Waals surface area contributed by atoms with Gasteiger partial charge in [0.2, 0.25) is 0 Å². The van der Waals surface area contributed by atoms with Crippen molar-refractivity contribution in [2.45, 2.75) is 20.5 Å². The molecule has 1 amide bonds. The number of benzene rings is 2. The molecule has 7 nitrogen and oxygen atoms in total. The third kappa shape index (κ3) is 5.74. The summed E-state index contributed by atoms with van der Waals surface area (Å²) in [5.41, 5.74) is 2.00. The first-order valence-electron chi connectivity index (χ1n) is 9.13. The van der Waals surface area contributed by atoms with Gasteiger partial charge in [-0.15, -0.1) is 11.3 Å². The van der Waals surface area contributed by atoms with Crippen molar-refractivity contribution in [3.8, 4) is 5.75 Å². The summed E-state index contributed by atoms with van der Waals surface area (Å²) in [5.74, 6) is -0.716. The number of ketones is 1. The summed E-state index contributed by atoms with van der Waals surface area (Å²) in [7, 11) is 0. The Kier molecular flexibility index (Phi) is 6.92. The number of ether oxygens (including phenoxy) is 2. The summed E-state index contributed by atoms with van der Waals surface area (Å²) in [6.07, 6.45) is 0. The van der Waals surface area contributed by atoms with Gasteiger partial charge in [0, 0.05) is 10.9 Å². The summed E-state index contributed by atoms with van der Waals surface area (Å²) >= 11 is 1.27. The highest BCUT2D eigenvalue weighted by atomic mass is 32.1. The third-order valence-corrected chi connectivity index (χ3v) is 4.88. The number of hydrogen-bond donors (Lipinski definition) is 1. The molecule has 0 spiro atoms. The van der Waals surface area contributed by atoms with Crippen molar-refractivity contribution in [3.05, 3.63) is 75.7 Å². The Hall–Kier alpha value is -3.52. The predicted molar refractivity (Wildman–Crippen MR) is 113 cm³/mol. The van der Waals surface area contributed by atoms with Gasteiger partial charge in [0.25, 0.3) is 5.91 Å². The smallest absolute Gasteiger partial charge is 0.358 e. The van der Waals surface area contributed by atoms with Crippen molar-refractivity contribution < 1.29 is 23.9 Å². The molecule has 0 aliphatic rings. The molecular weight excluding hydrogens is 404 g/mol. The van der Waals surface area contributed by atoms with Gasteiger partial charge in [-0.3, -0.25) is 9.59 Å². The molecule has 0 radical (unpaired) electrons. The number of carbonyl (C=O) groups excluding carboxylic acids is 3. The molecule has 8 heteroatoms. The van der Waals surface area contributed by atoms with E-state index >= 15 is 0 Å². The standard InChI is InChI=1S/C22H20N2O5S/c1-14-7-9-16(10-8-14)28-12-21-24-19(13-30-21)22(27)29-11-20(26)23-18-6-4-3-5-17(18)15(2)25/h3-10,13H,11-12H2,1-2H3,(H,23,26). The van der Waals surface area contributed by atoms with Crippen molar-refractivity contribution in [1.29, 1.82) is 0 Å². The minimum atomic E-state index is -0.706. The van der Waals surface area contributed by atoms with Gasteiger partial charge in [0.15, 0.2) is 18.1 Å². The fraction of sp³-hybridized carbons (Fsp3) is 0.182. The van der Waals surface area contributed by atoms with Gasteiger partial charge in [-0.25, -0.2) is 9.78 Å². The molecule has 2 aromatic carbocycles. The Bertz CT molecular complexity index is 1060. The first kappa shape index (κ1) is 21.2. The van der Waals surface area contributed by atoms with Crippen LogP contribution in [0.5, 0.6) is 5.75 Å². The third-order valence-electron chi connectivity index (χ3n) is 4.06. The van der Waals surface area contributed by atoms with Crippen molar-refractivity contribution in [2.24, 2.45) is 0 Å². The van der Waals surface area contributed by atoms with E-state index in [1.807, 2.05) is 31.2 Å². The number of Topliss-reactive ketones (excluding diaryl/α,β-unsaturated/α-hetero) is 1. The van der Waals surface area contributed by atoms with Crippen LogP contribution >= 0.6 is 11.3 Å². The van der Waals surface area contributed by atoms with Crippen molar-refractivity contribution in [3.63, 3.8) is 0 Å². The van der Waals surface area contributed by atoms with Gasteiger partial charge >= 0.3 is 5.97 Å². The number of thiazole rings is 1. The van der Waals surface area contributed by atoms with E-state index in [2.05, 4.69) is 10.3 Å². The molecule has 154 valence electrons. The number of anilines is 1. The monoisotopic (exact) mass is 424 g/mol. The summed E-state index contributed by atoms with van der Waals surface area (Å²) in [6, 6.07) is 14.2. The lowest BCUT2D eigenvalue weighted by Gasteiger charge is -2.09. The highest BCUT2D eigenvalue weighted by Crippen LogP contribution is 2.17. The van der Waals surface area contributed by atoms with E-state index in [4.69, 9.17) is 9.47 Å². The number of aromatic nitrogens is 1. The van der Waals surface area contributed by atoms with Crippen molar-refractivity contribution >= 4 is 34.7 Å². The summed E-state index contributed by atoms with van der Waals surface area (Å²) < 4.78 is 10.7. The van der Waals surface area contributed by atoms with Gasteiger partial charge in [-0.05, 0) is 38.1 Å². The largest absolute Gasteiger partial charge is 0.486 e. The molecule has 0 saturated heterocycles. The van der Waals surface area contributed by atoms with Crippen LogP contribution in [0.1, 0.15) is 38.3 Å². The van der Waals surface area contributed by atoms with E-state index < -0.39 is 18.5 Å². The average molecular weight is 424 g/mol. The lowest BCUT2D eigenvalue weighted by Crippen LogP contribution is -2.22. The molecular formula is C22H20N2O5S. The summed E-state index contributed by atoms with van der Waals surface area (Å²) in [6.45, 7) is 3.14. The number of rotatable bonds is 8. The second kappa shape index (κ2) is 9.80. The maximum absolute atomic E-state index is 12.1. The van der Waals surface area contributed by atoms with E-state index in [0.717, 1.165) is 5.56 Å². The van der Waals surface area contributed by atoms with Crippen LogP contribution in [0.25, 0.3) is 0 Å². The minimum absolute atomic E-state index is 0.111. The van der Waals surface area contributed by atoms with Crippen LogP contribution in [0, 0.1) is 6.92 Å². The first-order chi connectivity index (χ1) is 14.4. The predicted octanol–water partition coefficient (Wildman–Crippen LogP) is 4.03. The normalized spacial score (nSPS) is 10.3. The van der Waals surface area contributed by atoms with E-state index in [9.17, 15) is 14.4 Å². The Labute approximate surface area is 177 Å². The summed E-state index contributed by atoms with van der Waals surface area (Å²) in [4.78, 5) is 40.0. The lowest BCUT2D eigenvalue weighted by molar-refractivity contribution is -0.119. The summed E-state index contributed by atoms with van der Waals surface area (Å²) in [5, 5.41) is 4.74. The Morgan fingerprint density at radius 3 is 2.53 bits per heavy atom. The van der Waals surface area contributed by atoms with Crippen molar-refractivity contribution in [1.82, 2.24) is 4.98 Å². The van der Waals surface area contributed by atoms with E-state index in [1.54, 1.807) is 29.6 Å². The van der Waals surface area contributed by atoms with Crippen LogP contribution in [0.4, 0.5) is 5.69 Å². The molecule has 30 heavy (non-hydrogen) atoms. The average Bonchev–Trinajstić information content (AvgIpc) is 3.21. The Balaban J connectivity index is 1.50. The fourth-order valence-corrected chi connectivity index (χ4v) is 3.22. The molecule has 0 atom stereocenters. The van der Waals surface area contributed by atoms with Crippen molar-refractivity contribution in [2.75, 3.05) is 11.9 Å². The van der Waals surface area contributed by atoms with Crippen LogP contribution in [0.15, 0.2) is 53.9 Å². The van der Waals surface area contributed by atoms with E-state index in [-0.39, 0.29) is 18.1 Å². The lowest BCUT2D eigenvalue weighted by atomic mass is 10.1. The number of aryl methyl sites for hydroxylation is 1. The molecule has 0 aliphatic heterocycles. The number of nitrogens with zero attached hydrogens (tertiary/aromatic N) is 1. The molecule has 0 aliphatic carbocycles. The van der Waals surface area contributed by atoms with E-state index in [0.29, 0.717) is 22.0 Å². The quantitative estimate of drug-likeness (QED) is 0.433. The van der Waals surface area contributed by atoms with Gasteiger partial charge in [0.05, 0.1) is 5.69 Å². The second-order valence-electron chi connectivity index (χ2n) is 6.45. The highest BCUT2D eigenvalue weighted by molar-refractivity contribution is 7.09. The first-order valence-corrected chi connectivity index (χ1v) is 10.0. The molecule has 1 aromatic heterocycles. The molecule has 0 saturated carbocycles. The Morgan fingerprint density at radius 2 is 1.80 bits per heavy atom. The minimum Gasteiger partial charge on any atom is -0.486 e. The fourth-order valence-electron chi connectivity index (χ4n) is 2.54. The molecule has 1 N–H and O–H groups in total. The van der Waals surface area contributed by atoms with E-state index in [1.165, 1.54) is 18.3 Å². The van der Waals surface area contributed by atoms with Crippen LogP contribution in [-0.2, 0) is 16.1 Å². The number of para-hydroxylation sites is 1. The zero-order valence-corrected chi connectivity index (χ0v) is 17.3. The maximum atomic E-state index is 12.1. The van der Waals surface area contributed by atoms with Crippen LogP contribution < -0.4 is 10.1 Å². The molecule has 3 rings (SSSR count). The number of nitrogens with one attached hydrogen (secondary N) is 1. The highest BCUT2D eigenvalue weighted by Gasteiger charge is 2.16. The van der Waals surface area contributed by atoms with Gasteiger partial charge in [-0.2, -0.15) is 0 Å². The Morgan fingerprint density at radius 1 is 1.07 bits per heavy atom. The van der Waals surface area contributed by atoms with Gasteiger partial charge in [0.1, 0.15) is 17.4 Å².